The SMILES string of the molecule is O=[N+]([O-])c1ccc2c(C(O)(CN3CCC(Nc4ccccc4)CC3)C(F)(F)F)cn(Cc3ccccc3)c2c1. The monoisotopic (exact) mass is 538 g/mol. The standard InChI is InChI=1S/C29H29F3N4O3/c30-29(31,32)28(37,20-34-15-13-23(14-16-34)33-22-9-5-2-6-10-22)26-19-35(18-21-7-3-1-4-8-21)27-17-24(36(38)39)11-12-25(26)27/h1-12,17,19,23,33,37H,13-16,18,20H2. The predicted molar refractivity (Wildman–Crippen MR) is 144 cm³/mol. The number of β-amino-alcohol motifs (C(OH)–C–C–N with tert-alkyl or cyclic N) is 1. The topological polar surface area (TPSA) is 83.6 Å². The van der Waals surface area contributed by atoms with Crippen molar-refractivity contribution in [2.75, 3.05) is 25.0 Å². The van der Waals surface area contributed by atoms with E-state index in [2.05, 4.69) is 5.32 Å². The number of nitrogens with zero attached hydrogens (tertiary/aromatic N) is 3. The summed E-state index contributed by atoms with van der Waals surface area (Å²) in [6.07, 6.45) is -2.42. The summed E-state index contributed by atoms with van der Waals surface area (Å²) in [5.74, 6) is 0. The molecule has 0 bridgehead atoms. The van der Waals surface area contributed by atoms with Crippen LogP contribution in [-0.4, -0.2) is 51.3 Å². The minimum absolute atomic E-state index is 0.121. The lowest BCUT2D eigenvalue weighted by atomic mass is 9.90. The summed E-state index contributed by atoms with van der Waals surface area (Å²) in [6, 6.07) is 22.6. The highest BCUT2D eigenvalue weighted by molar-refractivity contribution is 5.87. The first kappa shape index (κ1) is 26.7. The Bertz CT molecular complexity index is 1430. The van der Waals surface area contributed by atoms with Crippen molar-refractivity contribution in [1.29, 1.82) is 0 Å². The maximum absolute atomic E-state index is 14.7. The molecule has 39 heavy (non-hydrogen) atoms. The lowest BCUT2D eigenvalue weighted by Crippen LogP contribution is -2.53. The van der Waals surface area contributed by atoms with Gasteiger partial charge >= 0.3 is 6.18 Å². The van der Waals surface area contributed by atoms with Crippen LogP contribution in [0.2, 0.25) is 0 Å². The highest BCUT2D eigenvalue weighted by atomic mass is 19.4. The molecule has 1 aliphatic heterocycles. The van der Waals surface area contributed by atoms with Gasteiger partial charge in [0.15, 0.2) is 0 Å². The molecule has 7 nitrogen and oxygen atoms in total. The summed E-state index contributed by atoms with van der Waals surface area (Å²) in [5.41, 5.74) is -1.66. The molecule has 1 atom stereocenters. The van der Waals surface area contributed by atoms with Gasteiger partial charge in [0.25, 0.3) is 5.69 Å². The van der Waals surface area contributed by atoms with Crippen LogP contribution in [0.1, 0.15) is 24.0 Å². The minimum atomic E-state index is -4.97. The van der Waals surface area contributed by atoms with Crippen molar-refractivity contribution < 1.29 is 23.2 Å². The van der Waals surface area contributed by atoms with Crippen molar-refractivity contribution >= 4 is 22.3 Å². The number of likely N-dealkylation sites (tertiary alicyclic amines) is 1. The Labute approximate surface area is 223 Å². The number of aliphatic hydroxyl groups is 1. The molecular formula is C29H29F3N4O3. The second-order valence-corrected chi connectivity index (χ2v) is 10.0. The highest BCUT2D eigenvalue weighted by Gasteiger charge is 2.57. The van der Waals surface area contributed by atoms with E-state index in [0.717, 1.165) is 11.3 Å². The number of benzene rings is 3. The van der Waals surface area contributed by atoms with Crippen LogP contribution in [-0.2, 0) is 12.1 Å². The molecule has 0 radical (unpaired) electrons. The van der Waals surface area contributed by atoms with Gasteiger partial charge in [0.1, 0.15) is 0 Å². The zero-order chi connectivity index (χ0) is 27.6. The van der Waals surface area contributed by atoms with Gasteiger partial charge in [0.05, 0.1) is 10.4 Å². The largest absolute Gasteiger partial charge is 0.422 e. The van der Waals surface area contributed by atoms with Crippen LogP contribution in [0.3, 0.4) is 0 Å². The summed E-state index contributed by atoms with van der Waals surface area (Å²) in [4.78, 5) is 12.5. The number of para-hydroxylation sites is 1. The Hall–Kier alpha value is -3.89. The minimum Gasteiger partial charge on any atom is -0.382 e. The van der Waals surface area contributed by atoms with Gasteiger partial charge < -0.3 is 15.0 Å². The third kappa shape index (κ3) is 5.62. The van der Waals surface area contributed by atoms with E-state index in [0.29, 0.717) is 25.9 Å². The number of piperidine rings is 1. The molecule has 0 aliphatic carbocycles. The molecule has 1 fully saturated rings. The summed E-state index contributed by atoms with van der Waals surface area (Å²) >= 11 is 0. The molecule has 1 unspecified atom stereocenters. The quantitative estimate of drug-likeness (QED) is 0.215. The van der Waals surface area contributed by atoms with Crippen LogP contribution in [0.5, 0.6) is 0 Å². The number of fused-ring (bicyclic) bond motifs is 1. The Balaban J connectivity index is 1.45. The molecule has 0 saturated carbocycles. The number of nitro benzene ring substituents is 1. The second kappa shape index (κ2) is 10.7. The maximum Gasteiger partial charge on any atom is 0.422 e. The van der Waals surface area contributed by atoms with Gasteiger partial charge in [-0.1, -0.05) is 48.5 Å². The molecule has 204 valence electrons. The van der Waals surface area contributed by atoms with Crippen LogP contribution in [0.25, 0.3) is 10.9 Å². The van der Waals surface area contributed by atoms with Crippen molar-refractivity contribution in [1.82, 2.24) is 9.47 Å². The smallest absolute Gasteiger partial charge is 0.382 e. The number of anilines is 1. The Morgan fingerprint density at radius 2 is 1.62 bits per heavy atom. The van der Waals surface area contributed by atoms with Gasteiger partial charge in [-0.05, 0) is 36.6 Å². The lowest BCUT2D eigenvalue weighted by Gasteiger charge is -2.39. The maximum atomic E-state index is 14.7. The van der Waals surface area contributed by atoms with Gasteiger partial charge in [-0.25, -0.2) is 0 Å². The summed E-state index contributed by atoms with van der Waals surface area (Å²) in [6.45, 7) is 0.340. The predicted octanol–water partition coefficient (Wildman–Crippen LogP) is 5.92. The zero-order valence-corrected chi connectivity index (χ0v) is 21.1. The van der Waals surface area contributed by atoms with Crippen LogP contribution in [0.4, 0.5) is 24.5 Å². The Morgan fingerprint density at radius 3 is 2.23 bits per heavy atom. The normalized spacial score (nSPS) is 16.7. The number of alkyl halides is 3. The van der Waals surface area contributed by atoms with Crippen molar-refractivity contribution in [2.45, 2.75) is 37.2 Å². The number of aromatic nitrogens is 1. The van der Waals surface area contributed by atoms with Crippen molar-refractivity contribution in [3.8, 4) is 0 Å². The first-order valence-corrected chi connectivity index (χ1v) is 12.8. The van der Waals surface area contributed by atoms with E-state index in [-0.39, 0.29) is 34.7 Å². The van der Waals surface area contributed by atoms with Crippen LogP contribution >= 0.6 is 0 Å². The van der Waals surface area contributed by atoms with Gasteiger partial charge in [-0.15, -0.1) is 0 Å². The van der Waals surface area contributed by atoms with E-state index in [1.54, 1.807) is 9.47 Å². The second-order valence-electron chi connectivity index (χ2n) is 10.0. The Kier molecular flexibility index (Phi) is 7.33. The van der Waals surface area contributed by atoms with E-state index in [1.165, 1.54) is 24.4 Å². The average Bonchev–Trinajstić information content (AvgIpc) is 3.28. The van der Waals surface area contributed by atoms with Gasteiger partial charge in [-0.3, -0.25) is 15.0 Å². The highest BCUT2D eigenvalue weighted by Crippen LogP contribution is 2.44. The molecule has 10 heteroatoms. The molecule has 1 aliphatic rings. The van der Waals surface area contributed by atoms with Gasteiger partial charge in [0.2, 0.25) is 5.60 Å². The van der Waals surface area contributed by atoms with E-state index < -0.39 is 23.2 Å². The van der Waals surface area contributed by atoms with Crippen LogP contribution < -0.4 is 5.32 Å². The number of halogens is 3. The van der Waals surface area contributed by atoms with E-state index >= 15 is 0 Å². The van der Waals surface area contributed by atoms with Crippen molar-refractivity contribution in [2.24, 2.45) is 0 Å². The van der Waals surface area contributed by atoms with Crippen LogP contribution in [0, 0.1) is 10.1 Å². The third-order valence-corrected chi connectivity index (χ3v) is 7.37. The molecule has 1 saturated heterocycles. The van der Waals surface area contributed by atoms with Gasteiger partial charge in [0, 0.05) is 67.2 Å². The molecular weight excluding hydrogens is 509 g/mol. The number of nitro groups is 1. The number of rotatable bonds is 8. The van der Waals surface area contributed by atoms with E-state index in [4.69, 9.17) is 0 Å². The zero-order valence-electron chi connectivity index (χ0n) is 21.1. The molecule has 4 aromatic rings. The fourth-order valence-electron chi connectivity index (χ4n) is 5.29. The fraction of sp³-hybridized carbons (Fsp3) is 0.310. The Morgan fingerprint density at radius 1 is 0.974 bits per heavy atom. The lowest BCUT2D eigenvalue weighted by molar-refractivity contribution is -0.384. The third-order valence-electron chi connectivity index (χ3n) is 7.37. The molecule has 3 aromatic carbocycles. The summed E-state index contributed by atoms with van der Waals surface area (Å²) in [5, 5.41) is 26.4. The van der Waals surface area contributed by atoms with Gasteiger partial charge in [-0.2, -0.15) is 13.2 Å². The van der Waals surface area contributed by atoms with Crippen molar-refractivity contribution in [3.05, 3.63) is 106 Å². The number of hydrogen-bond donors (Lipinski definition) is 2. The molecule has 5 rings (SSSR count). The number of non-ortho nitro benzene ring substituents is 1. The molecule has 2 heterocycles. The molecule has 2 N–H and O–H groups in total. The van der Waals surface area contributed by atoms with Crippen molar-refractivity contribution in [3.63, 3.8) is 0 Å². The number of hydrogen-bond acceptors (Lipinski definition) is 5. The molecule has 0 spiro atoms. The number of nitrogens with one attached hydrogen (secondary N) is 1. The first-order valence-electron chi connectivity index (χ1n) is 12.8. The summed E-state index contributed by atoms with van der Waals surface area (Å²) < 4.78 is 45.6. The first-order chi connectivity index (χ1) is 18.6. The van der Waals surface area contributed by atoms with Crippen LogP contribution in [0.15, 0.2) is 85.1 Å². The molecule has 0 amide bonds. The fourth-order valence-corrected chi connectivity index (χ4v) is 5.29. The molecule has 1 aromatic heterocycles. The van der Waals surface area contributed by atoms with E-state index in [9.17, 15) is 28.4 Å². The summed E-state index contributed by atoms with van der Waals surface area (Å²) in [7, 11) is 0. The van der Waals surface area contributed by atoms with E-state index in [1.807, 2.05) is 60.7 Å². The average molecular weight is 539 g/mol.